The summed E-state index contributed by atoms with van der Waals surface area (Å²) in [6, 6.07) is 1.76. The highest BCUT2D eigenvalue weighted by atomic mass is 15.3. The van der Waals surface area contributed by atoms with Crippen LogP contribution in [0.3, 0.4) is 0 Å². The van der Waals surface area contributed by atoms with E-state index in [4.69, 9.17) is 0 Å². The van der Waals surface area contributed by atoms with Crippen LogP contribution in [0.5, 0.6) is 0 Å². The van der Waals surface area contributed by atoms with E-state index < -0.39 is 0 Å². The number of rotatable bonds is 2. The zero-order valence-corrected chi connectivity index (χ0v) is 11.4. The van der Waals surface area contributed by atoms with Crippen LogP contribution in [0, 0.1) is 5.92 Å². The lowest BCUT2D eigenvalue weighted by Crippen LogP contribution is -2.63. The van der Waals surface area contributed by atoms with E-state index in [0.717, 1.165) is 18.0 Å². The van der Waals surface area contributed by atoms with Gasteiger partial charge in [0.05, 0.1) is 0 Å². The Bertz CT molecular complexity index is 296. The van der Waals surface area contributed by atoms with E-state index in [9.17, 15) is 0 Å². The summed E-state index contributed by atoms with van der Waals surface area (Å²) in [5.41, 5.74) is 0. The maximum atomic E-state index is 3.39. The fourth-order valence-electron chi connectivity index (χ4n) is 4.38. The highest BCUT2D eigenvalue weighted by molar-refractivity contribution is 4.95. The number of nitrogens with one attached hydrogen (secondary N) is 1. The number of fused-ring (bicyclic) bond motifs is 2. The minimum absolute atomic E-state index is 0.848. The quantitative estimate of drug-likeness (QED) is 0.724. The van der Waals surface area contributed by atoms with Crippen molar-refractivity contribution in [1.82, 2.24) is 20.0 Å². The average molecular weight is 250 g/mol. The summed E-state index contributed by atoms with van der Waals surface area (Å²) in [5, 5.41) is 3.39. The maximum absolute atomic E-state index is 3.39. The van der Waals surface area contributed by atoms with Crippen molar-refractivity contribution in [3.63, 3.8) is 0 Å². The zero-order chi connectivity index (χ0) is 11.9. The Morgan fingerprint density at radius 3 is 2.22 bits per heavy atom. The van der Waals surface area contributed by atoms with Crippen molar-refractivity contribution in [2.75, 3.05) is 58.9 Å². The van der Waals surface area contributed by atoms with E-state index >= 15 is 0 Å². The van der Waals surface area contributed by atoms with E-state index in [0.29, 0.717) is 0 Å². The molecule has 0 aromatic rings. The van der Waals surface area contributed by atoms with Crippen LogP contribution in [0.15, 0.2) is 0 Å². The Labute approximate surface area is 110 Å². The molecule has 4 aliphatic rings. The second kappa shape index (κ2) is 4.75. The molecule has 0 aromatic carbocycles. The van der Waals surface area contributed by atoms with Gasteiger partial charge in [-0.05, 0) is 31.8 Å². The molecule has 0 amide bonds. The number of hydrogen-bond donors (Lipinski definition) is 1. The molecule has 4 nitrogen and oxygen atoms in total. The summed E-state index contributed by atoms with van der Waals surface area (Å²) in [6.45, 7) is 11.8. The van der Waals surface area contributed by atoms with Gasteiger partial charge in [-0.3, -0.25) is 9.80 Å². The van der Waals surface area contributed by atoms with Gasteiger partial charge in [-0.15, -0.1) is 0 Å². The zero-order valence-electron chi connectivity index (χ0n) is 11.4. The van der Waals surface area contributed by atoms with Crippen molar-refractivity contribution in [1.29, 1.82) is 0 Å². The average Bonchev–Trinajstić information content (AvgIpc) is 2.71. The molecule has 0 saturated carbocycles. The predicted molar refractivity (Wildman–Crippen MR) is 72.8 cm³/mol. The molecule has 3 atom stereocenters. The van der Waals surface area contributed by atoms with Gasteiger partial charge in [0, 0.05) is 57.9 Å². The summed E-state index contributed by atoms with van der Waals surface area (Å²) in [4.78, 5) is 8.18. The summed E-state index contributed by atoms with van der Waals surface area (Å²) < 4.78 is 0. The molecule has 18 heavy (non-hydrogen) atoms. The van der Waals surface area contributed by atoms with Gasteiger partial charge in [-0.1, -0.05) is 0 Å². The first-order valence-electron chi connectivity index (χ1n) is 7.81. The molecule has 0 spiro atoms. The van der Waals surface area contributed by atoms with Gasteiger partial charge >= 0.3 is 0 Å². The lowest BCUT2D eigenvalue weighted by atomic mass is 9.92. The minimum atomic E-state index is 0.848. The molecular weight excluding hydrogens is 224 g/mol. The SMILES string of the molecule is C1CN2CCC(N3CCN(C4CNC4)CC3)C1C2. The van der Waals surface area contributed by atoms with Crippen molar-refractivity contribution in [2.24, 2.45) is 5.92 Å². The molecule has 0 aliphatic carbocycles. The van der Waals surface area contributed by atoms with Crippen LogP contribution >= 0.6 is 0 Å². The molecular formula is C14H26N4. The Morgan fingerprint density at radius 2 is 1.50 bits per heavy atom. The monoisotopic (exact) mass is 250 g/mol. The topological polar surface area (TPSA) is 21.8 Å². The highest BCUT2D eigenvalue weighted by Gasteiger charge is 2.38. The van der Waals surface area contributed by atoms with Gasteiger partial charge in [0.15, 0.2) is 0 Å². The third-order valence-corrected chi connectivity index (χ3v) is 5.69. The van der Waals surface area contributed by atoms with Gasteiger partial charge < -0.3 is 10.2 Å². The molecule has 4 rings (SSSR count). The third kappa shape index (κ3) is 1.99. The van der Waals surface area contributed by atoms with Gasteiger partial charge in [0.25, 0.3) is 0 Å². The first-order valence-corrected chi connectivity index (χ1v) is 7.81. The molecule has 0 aromatic heterocycles. The van der Waals surface area contributed by atoms with E-state index in [2.05, 4.69) is 20.0 Å². The number of nitrogens with zero attached hydrogens (tertiary/aromatic N) is 3. The highest BCUT2D eigenvalue weighted by Crippen LogP contribution is 2.31. The van der Waals surface area contributed by atoms with Crippen LogP contribution in [-0.4, -0.2) is 85.7 Å². The summed E-state index contributed by atoms with van der Waals surface area (Å²) >= 11 is 0. The van der Waals surface area contributed by atoms with Crippen molar-refractivity contribution >= 4 is 0 Å². The Balaban J connectivity index is 1.33. The van der Waals surface area contributed by atoms with E-state index in [1.807, 2.05) is 0 Å². The largest absolute Gasteiger partial charge is 0.314 e. The van der Waals surface area contributed by atoms with E-state index in [1.54, 1.807) is 0 Å². The first kappa shape index (κ1) is 11.6. The predicted octanol–water partition coefficient (Wildman–Crippen LogP) is -0.330. The fourth-order valence-corrected chi connectivity index (χ4v) is 4.38. The van der Waals surface area contributed by atoms with Crippen LogP contribution in [-0.2, 0) is 0 Å². The van der Waals surface area contributed by atoms with Crippen LogP contribution in [0.1, 0.15) is 12.8 Å². The molecule has 3 unspecified atom stereocenters. The smallest absolute Gasteiger partial charge is 0.0346 e. The molecule has 102 valence electrons. The fraction of sp³-hybridized carbons (Fsp3) is 1.00. The van der Waals surface area contributed by atoms with Crippen LogP contribution in [0.2, 0.25) is 0 Å². The molecule has 4 heterocycles. The lowest BCUT2D eigenvalue weighted by Gasteiger charge is -2.47. The Kier molecular flexibility index (Phi) is 3.07. The van der Waals surface area contributed by atoms with Crippen molar-refractivity contribution in [3.8, 4) is 0 Å². The molecule has 4 saturated heterocycles. The summed E-state index contributed by atoms with van der Waals surface area (Å²) in [5.74, 6) is 0.982. The number of piperidine rings is 1. The molecule has 1 N–H and O–H groups in total. The van der Waals surface area contributed by atoms with Crippen molar-refractivity contribution in [3.05, 3.63) is 0 Å². The van der Waals surface area contributed by atoms with Gasteiger partial charge in [-0.25, -0.2) is 0 Å². The molecule has 4 aliphatic heterocycles. The molecule has 4 fully saturated rings. The second-order valence-electron chi connectivity index (χ2n) is 6.59. The second-order valence-corrected chi connectivity index (χ2v) is 6.59. The third-order valence-electron chi connectivity index (χ3n) is 5.69. The van der Waals surface area contributed by atoms with Crippen LogP contribution in [0.25, 0.3) is 0 Å². The Hall–Kier alpha value is -0.160. The van der Waals surface area contributed by atoms with Crippen molar-refractivity contribution < 1.29 is 0 Å². The number of piperazine rings is 1. The normalized spacial score (nSPS) is 43.0. The van der Waals surface area contributed by atoms with Gasteiger partial charge in [-0.2, -0.15) is 0 Å². The summed E-state index contributed by atoms with van der Waals surface area (Å²) in [7, 11) is 0. The minimum Gasteiger partial charge on any atom is -0.314 e. The van der Waals surface area contributed by atoms with E-state index in [-0.39, 0.29) is 0 Å². The molecule has 0 radical (unpaired) electrons. The lowest BCUT2D eigenvalue weighted by molar-refractivity contribution is 0.0238. The molecule has 4 heteroatoms. The number of hydrogen-bond acceptors (Lipinski definition) is 4. The van der Waals surface area contributed by atoms with Crippen molar-refractivity contribution in [2.45, 2.75) is 24.9 Å². The van der Waals surface area contributed by atoms with Crippen LogP contribution in [0.4, 0.5) is 0 Å². The molecule has 2 bridgehead atoms. The summed E-state index contributed by atoms with van der Waals surface area (Å²) in [6.07, 6.45) is 2.88. The standard InChI is InChI=1S/C14H26N4/c1-3-16-4-2-14(12(1)11-16)18-7-5-17(6-8-18)13-9-15-10-13/h12-15H,1-11H2. The van der Waals surface area contributed by atoms with E-state index in [1.165, 1.54) is 71.7 Å². The van der Waals surface area contributed by atoms with Gasteiger partial charge in [0.1, 0.15) is 0 Å². The van der Waals surface area contributed by atoms with Crippen LogP contribution < -0.4 is 5.32 Å². The van der Waals surface area contributed by atoms with Gasteiger partial charge in [0.2, 0.25) is 0 Å². The Morgan fingerprint density at radius 1 is 0.778 bits per heavy atom. The maximum Gasteiger partial charge on any atom is 0.0346 e. The first-order chi connectivity index (χ1) is 8.90.